The van der Waals surface area contributed by atoms with Crippen LogP contribution in [0.15, 0.2) is 108 Å². The van der Waals surface area contributed by atoms with Gasteiger partial charge in [0, 0.05) is 11.4 Å². The summed E-state index contributed by atoms with van der Waals surface area (Å²) in [6.07, 6.45) is -0.869. The van der Waals surface area contributed by atoms with Gasteiger partial charge >= 0.3 is 11.4 Å². The lowest BCUT2D eigenvalue weighted by Gasteiger charge is -2.18. The molecule has 0 spiro atoms. The van der Waals surface area contributed by atoms with Crippen molar-refractivity contribution < 1.29 is 32.3 Å². The van der Waals surface area contributed by atoms with Gasteiger partial charge in [-0.15, -0.1) is 0 Å². The SMILES string of the molecule is Cc1cccc(NS(=O)(=O)c2cccc(NC(=O)[C@H](CSC(=O)OCc3ccccc3)NC(=O)OCc3ccccc3)c2)c1C. The van der Waals surface area contributed by atoms with Crippen molar-refractivity contribution >= 4 is 50.5 Å². The van der Waals surface area contributed by atoms with Crippen LogP contribution in [-0.2, 0) is 37.5 Å². The van der Waals surface area contributed by atoms with E-state index in [0.717, 1.165) is 22.3 Å². The number of hydrogen-bond acceptors (Lipinski definition) is 8. The number of rotatable bonds is 12. The van der Waals surface area contributed by atoms with Crippen molar-refractivity contribution in [2.75, 3.05) is 15.8 Å². The fourth-order valence-corrected chi connectivity index (χ4v) is 5.88. The van der Waals surface area contributed by atoms with E-state index in [9.17, 15) is 22.8 Å². The molecule has 0 unspecified atom stereocenters. The van der Waals surface area contributed by atoms with Crippen molar-refractivity contribution in [3.8, 4) is 0 Å². The second-order valence-electron chi connectivity index (χ2n) is 9.96. The Morgan fingerprint density at radius 2 is 1.40 bits per heavy atom. The maximum absolute atomic E-state index is 13.3. The van der Waals surface area contributed by atoms with Gasteiger partial charge in [0.2, 0.25) is 5.91 Å². The number of carbonyl (C=O) groups excluding carboxylic acids is 3. The molecule has 0 aliphatic rings. The van der Waals surface area contributed by atoms with Gasteiger partial charge < -0.3 is 20.1 Å². The van der Waals surface area contributed by atoms with Gasteiger partial charge in [-0.2, -0.15) is 0 Å². The molecule has 0 aliphatic heterocycles. The average Bonchev–Trinajstić information content (AvgIpc) is 3.04. The van der Waals surface area contributed by atoms with Crippen LogP contribution in [0.25, 0.3) is 0 Å². The van der Waals surface area contributed by atoms with Crippen LogP contribution in [0.1, 0.15) is 22.3 Å². The normalized spacial score (nSPS) is 11.6. The minimum Gasteiger partial charge on any atom is -0.453 e. The maximum atomic E-state index is 13.3. The molecule has 4 aromatic rings. The van der Waals surface area contributed by atoms with Gasteiger partial charge in [-0.25, -0.2) is 18.0 Å². The van der Waals surface area contributed by atoms with E-state index in [4.69, 9.17) is 9.47 Å². The summed E-state index contributed by atoms with van der Waals surface area (Å²) in [5, 5.41) is 4.49. The number of aryl methyl sites for hydroxylation is 1. The van der Waals surface area contributed by atoms with Crippen molar-refractivity contribution in [2.45, 2.75) is 38.0 Å². The summed E-state index contributed by atoms with van der Waals surface area (Å²) < 4.78 is 39.5. The number of anilines is 2. The molecule has 0 aromatic heterocycles. The lowest BCUT2D eigenvalue weighted by molar-refractivity contribution is -0.117. The minimum atomic E-state index is -3.99. The quantitative estimate of drug-likeness (QED) is 0.150. The topological polar surface area (TPSA) is 140 Å². The number of benzene rings is 4. The van der Waals surface area contributed by atoms with Crippen LogP contribution < -0.4 is 15.4 Å². The lowest BCUT2D eigenvalue weighted by atomic mass is 10.1. The highest BCUT2D eigenvalue weighted by molar-refractivity contribution is 8.13. The molecule has 3 N–H and O–H groups in total. The summed E-state index contributed by atoms with van der Waals surface area (Å²) in [7, 11) is -3.99. The molecule has 4 aromatic carbocycles. The largest absolute Gasteiger partial charge is 0.453 e. The predicted octanol–water partition coefficient (Wildman–Crippen LogP) is 6.41. The van der Waals surface area contributed by atoms with Crippen LogP contribution >= 0.6 is 11.8 Å². The zero-order valence-electron chi connectivity index (χ0n) is 24.7. The molecule has 4 rings (SSSR count). The number of hydrogen-bond donors (Lipinski definition) is 3. The molecular weight excluding hydrogens is 615 g/mol. The minimum absolute atomic E-state index is 0.0272. The Bertz CT molecular complexity index is 1730. The Balaban J connectivity index is 1.43. The molecule has 0 aliphatic carbocycles. The summed E-state index contributed by atoms with van der Waals surface area (Å²) in [6.45, 7) is 3.72. The van der Waals surface area contributed by atoms with Gasteiger partial charge in [-0.1, -0.05) is 78.9 Å². The molecule has 0 bridgehead atoms. The molecule has 0 radical (unpaired) electrons. The van der Waals surface area contributed by atoms with Crippen LogP contribution in [0.5, 0.6) is 0 Å². The Morgan fingerprint density at radius 3 is 2.07 bits per heavy atom. The molecule has 45 heavy (non-hydrogen) atoms. The molecule has 2 amide bonds. The predicted molar refractivity (Wildman–Crippen MR) is 174 cm³/mol. The first kappa shape index (κ1) is 33.1. The number of sulfonamides is 1. The van der Waals surface area contributed by atoms with E-state index < -0.39 is 33.4 Å². The van der Waals surface area contributed by atoms with Crippen molar-refractivity contribution in [1.29, 1.82) is 0 Å². The fraction of sp³-hybridized carbons (Fsp3) is 0.182. The Kier molecular flexibility index (Phi) is 11.6. The maximum Gasteiger partial charge on any atom is 0.408 e. The highest BCUT2D eigenvalue weighted by Crippen LogP contribution is 2.24. The standard InChI is InChI=1S/C33H33N3O7S2/c1-23-11-9-18-29(24(23)2)36-45(40,41)28-17-10-16-27(19-28)34-31(37)30(35-32(38)42-20-25-12-5-3-6-13-25)22-44-33(39)43-21-26-14-7-4-8-15-26/h3-19,30,36H,20-22H2,1-2H3,(H,34,37)(H,35,38)/t30-/m0/s1. The van der Waals surface area contributed by atoms with Crippen molar-refractivity contribution in [2.24, 2.45) is 0 Å². The van der Waals surface area contributed by atoms with E-state index in [1.54, 1.807) is 36.4 Å². The van der Waals surface area contributed by atoms with Gasteiger partial charge in [-0.05, 0) is 72.1 Å². The number of thioether (sulfide) groups is 1. The molecule has 0 fully saturated rings. The summed E-state index contributed by atoms with van der Waals surface area (Å²) in [6, 6.07) is 27.9. The zero-order chi connectivity index (χ0) is 32.2. The number of carbonyl (C=O) groups is 3. The van der Waals surface area contributed by atoms with Crippen LogP contribution in [0.2, 0.25) is 0 Å². The number of nitrogens with one attached hydrogen (secondary N) is 3. The molecule has 0 heterocycles. The molecule has 0 saturated heterocycles. The third-order valence-electron chi connectivity index (χ3n) is 6.65. The van der Waals surface area contributed by atoms with E-state index in [1.807, 2.05) is 56.3 Å². The summed E-state index contributed by atoms with van der Waals surface area (Å²) in [4.78, 5) is 38.3. The molecule has 10 nitrogen and oxygen atoms in total. The van der Waals surface area contributed by atoms with E-state index in [0.29, 0.717) is 17.4 Å². The summed E-state index contributed by atoms with van der Waals surface area (Å²) in [5.74, 6) is -0.862. The number of amides is 2. The van der Waals surface area contributed by atoms with Crippen LogP contribution in [-0.4, -0.2) is 37.5 Å². The zero-order valence-corrected chi connectivity index (χ0v) is 26.3. The first-order valence-corrected chi connectivity index (χ1v) is 16.4. The highest BCUT2D eigenvalue weighted by Gasteiger charge is 2.25. The van der Waals surface area contributed by atoms with E-state index >= 15 is 0 Å². The Morgan fingerprint density at radius 1 is 0.778 bits per heavy atom. The monoisotopic (exact) mass is 647 g/mol. The highest BCUT2D eigenvalue weighted by atomic mass is 32.2. The van der Waals surface area contributed by atoms with Gasteiger partial charge in [-0.3, -0.25) is 9.52 Å². The molecule has 12 heteroatoms. The van der Waals surface area contributed by atoms with Crippen LogP contribution in [0.3, 0.4) is 0 Å². The van der Waals surface area contributed by atoms with Crippen molar-refractivity contribution in [3.05, 3.63) is 125 Å². The lowest BCUT2D eigenvalue weighted by Crippen LogP contribution is -2.46. The fourth-order valence-electron chi connectivity index (χ4n) is 4.04. The van der Waals surface area contributed by atoms with Gasteiger partial charge in [0.1, 0.15) is 19.3 Å². The molecule has 0 saturated carbocycles. The third kappa shape index (κ3) is 10.1. The van der Waals surface area contributed by atoms with Crippen molar-refractivity contribution in [1.82, 2.24) is 5.32 Å². The van der Waals surface area contributed by atoms with Crippen molar-refractivity contribution in [3.63, 3.8) is 0 Å². The van der Waals surface area contributed by atoms with Crippen LogP contribution in [0.4, 0.5) is 21.0 Å². The summed E-state index contributed by atoms with van der Waals surface area (Å²) >= 11 is 0.712. The van der Waals surface area contributed by atoms with E-state index in [-0.39, 0.29) is 29.5 Å². The van der Waals surface area contributed by atoms with Crippen LogP contribution in [0, 0.1) is 13.8 Å². The molecule has 1 atom stereocenters. The van der Waals surface area contributed by atoms with Gasteiger partial charge in [0.25, 0.3) is 10.0 Å². The summed E-state index contributed by atoms with van der Waals surface area (Å²) in [5.41, 5.74) is 3.88. The Hall–Kier alpha value is -4.81. The first-order valence-electron chi connectivity index (χ1n) is 13.9. The molecular formula is C33H33N3O7S2. The Labute approximate surface area is 266 Å². The van der Waals surface area contributed by atoms with E-state index in [1.165, 1.54) is 24.3 Å². The number of ether oxygens (including phenoxy) is 2. The smallest absolute Gasteiger partial charge is 0.408 e. The van der Waals surface area contributed by atoms with Gasteiger partial charge in [0.15, 0.2) is 0 Å². The molecule has 234 valence electrons. The second-order valence-corrected chi connectivity index (χ2v) is 12.6. The third-order valence-corrected chi connectivity index (χ3v) is 8.87. The number of alkyl carbamates (subject to hydrolysis) is 1. The van der Waals surface area contributed by atoms with E-state index in [2.05, 4.69) is 15.4 Å². The van der Waals surface area contributed by atoms with Gasteiger partial charge in [0.05, 0.1) is 10.6 Å². The first-order chi connectivity index (χ1) is 21.6. The average molecular weight is 648 g/mol. The second kappa shape index (κ2) is 15.8.